The van der Waals surface area contributed by atoms with E-state index < -0.39 is 0 Å². The van der Waals surface area contributed by atoms with Crippen LogP contribution in [0.3, 0.4) is 0 Å². The highest BCUT2D eigenvalue weighted by molar-refractivity contribution is 7.15. The maximum absolute atomic E-state index is 12.7. The van der Waals surface area contributed by atoms with Crippen molar-refractivity contribution in [1.82, 2.24) is 10.2 Å². The number of nitrogens with zero attached hydrogens (tertiary/aromatic N) is 2. The zero-order valence-corrected chi connectivity index (χ0v) is 10.8. The molecule has 0 radical (unpaired) electrons. The molecule has 4 nitrogen and oxygen atoms in total. The molecule has 1 N–H and O–H groups in total. The Morgan fingerprint density at radius 2 is 1.94 bits per heavy atom. The first-order valence-corrected chi connectivity index (χ1v) is 6.28. The maximum Gasteiger partial charge on any atom is 0.257 e. The number of amides is 1. The van der Waals surface area contributed by atoms with E-state index in [9.17, 15) is 9.18 Å². The molecular formula is C12H12FN3OS. The molecule has 0 spiro atoms. The van der Waals surface area contributed by atoms with Crippen LogP contribution in [0, 0.1) is 5.82 Å². The van der Waals surface area contributed by atoms with Crippen molar-refractivity contribution in [2.75, 3.05) is 5.32 Å². The Kier molecular flexibility index (Phi) is 3.66. The molecule has 6 heteroatoms. The van der Waals surface area contributed by atoms with Gasteiger partial charge in [0.15, 0.2) is 0 Å². The van der Waals surface area contributed by atoms with Crippen LogP contribution in [0.4, 0.5) is 9.52 Å². The Balaban J connectivity index is 2.08. The number of nitrogens with one attached hydrogen (secondary N) is 1. The third kappa shape index (κ3) is 2.89. The Hall–Kier alpha value is -1.82. The van der Waals surface area contributed by atoms with Gasteiger partial charge in [-0.25, -0.2) is 4.39 Å². The minimum Gasteiger partial charge on any atom is -0.296 e. The van der Waals surface area contributed by atoms with Gasteiger partial charge in [-0.2, -0.15) is 0 Å². The molecule has 0 fully saturated rings. The predicted octanol–water partition coefficient (Wildman–Crippen LogP) is 3.05. The first-order chi connectivity index (χ1) is 8.56. The molecule has 18 heavy (non-hydrogen) atoms. The summed E-state index contributed by atoms with van der Waals surface area (Å²) >= 11 is 1.34. The SMILES string of the molecule is CC(C)c1nnc(NC(=O)c2ccc(F)cc2)s1. The summed E-state index contributed by atoms with van der Waals surface area (Å²) in [7, 11) is 0. The summed E-state index contributed by atoms with van der Waals surface area (Å²) in [6.07, 6.45) is 0. The fourth-order valence-corrected chi connectivity index (χ4v) is 2.03. The van der Waals surface area contributed by atoms with E-state index in [1.165, 1.54) is 35.6 Å². The molecule has 0 bridgehead atoms. The fourth-order valence-electron chi connectivity index (χ4n) is 1.29. The van der Waals surface area contributed by atoms with E-state index in [1.54, 1.807) is 0 Å². The van der Waals surface area contributed by atoms with Gasteiger partial charge in [-0.3, -0.25) is 10.1 Å². The molecule has 1 amide bonds. The van der Waals surface area contributed by atoms with Crippen molar-refractivity contribution in [1.29, 1.82) is 0 Å². The highest BCUT2D eigenvalue weighted by Gasteiger charge is 2.11. The third-order valence-electron chi connectivity index (χ3n) is 2.26. The Bertz CT molecular complexity index is 551. The highest BCUT2D eigenvalue weighted by Crippen LogP contribution is 2.22. The number of aromatic nitrogens is 2. The van der Waals surface area contributed by atoms with Crippen molar-refractivity contribution in [2.45, 2.75) is 19.8 Å². The Labute approximate surface area is 108 Å². The van der Waals surface area contributed by atoms with Crippen LogP contribution in [0.2, 0.25) is 0 Å². The Morgan fingerprint density at radius 3 is 2.50 bits per heavy atom. The number of hydrogen-bond donors (Lipinski definition) is 1. The smallest absolute Gasteiger partial charge is 0.257 e. The van der Waals surface area contributed by atoms with Crippen LogP contribution in [0.25, 0.3) is 0 Å². The van der Waals surface area contributed by atoms with Crippen LogP contribution >= 0.6 is 11.3 Å². The highest BCUT2D eigenvalue weighted by atomic mass is 32.1. The summed E-state index contributed by atoms with van der Waals surface area (Å²) in [5, 5.41) is 11.8. The van der Waals surface area contributed by atoms with Gasteiger partial charge < -0.3 is 0 Å². The second-order valence-electron chi connectivity index (χ2n) is 4.06. The van der Waals surface area contributed by atoms with E-state index in [1.807, 2.05) is 13.8 Å². The average molecular weight is 265 g/mol. The molecular weight excluding hydrogens is 253 g/mol. The number of carbonyl (C=O) groups is 1. The molecule has 0 aliphatic carbocycles. The van der Waals surface area contributed by atoms with E-state index in [4.69, 9.17) is 0 Å². The maximum atomic E-state index is 12.7. The average Bonchev–Trinajstić information content (AvgIpc) is 2.78. The molecule has 2 aromatic rings. The minimum absolute atomic E-state index is 0.277. The van der Waals surface area contributed by atoms with Crippen molar-refractivity contribution >= 4 is 22.4 Å². The molecule has 1 heterocycles. The molecule has 1 aromatic carbocycles. The van der Waals surface area contributed by atoms with Crippen LogP contribution in [0.5, 0.6) is 0 Å². The summed E-state index contributed by atoms with van der Waals surface area (Å²) in [5.74, 6) is -0.412. The molecule has 0 aliphatic rings. The van der Waals surface area contributed by atoms with E-state index in [2.05, 4.69) is 15.5 Å². The van der Waals surface area contributed by atoms with Gasteiger partial charge >= 0.3 is 0 Å². The summed E-state index contributed by atoms with van der Waals surface area (Å²) in [6, 6.07) is 5.34. The lowest BCUT2D eigenvalue weighted by Crippen LogP contribution is -2.11. The molecule has 0 unspecified atom stereocenters. The lowest BCUT2D eigenvalue weighted by Gasteiger charge is -2.00. The van der Waals surface area contributed by atoms with Crippen molar-refractivity contribution in [2.24, 2.45) is 0 Å². The molecule has 0 saturated heterocycles. The fraction of sp³-hybridized carbons (Fsp3) is 0.250. The second-order valence-corrected chi connectivity index (χ2v) is 5.07. The Morgan fingerprint density at radius 1 is 1.28 bits per heavy atom. The summed E-state index contributed by atoms with van der Waals surface area (Å²) < 4.78 is 12.7. The van der Waals surface area contributed by atoms with Gasteiger partial charge in [0.25, 0.3) is 5.91 Å². The van der Waals surface area contributed by atoms with E-state index in [0.29, 0.717) is 10.7 Å². The van der Waals surface area contributed by atoms with Crippen LogP contribution in [-0.2, 0) is 0 Å². The zero-order valence-electron chi connectivity index (χ0n) is 9.98. The van der Waals surface area contributed by atoms with Crippen LogP contribution in [-0.4, -0.2) is 16.1 Å². The number of benzene rings is 1. The normalized spacial score (nSPS) is 10.7. The monoisotopic (exact) mass is 265 g/mol. The topological polar surface area (TPSA) is 54.9 Å². The van der Waals surface area contributed by atoms with Crippen LogP contribution in [0.1, 0.15) is 35.1 Å². The van der Waals surface area contributed by atoms with Gasteiger partial charge in [-0.15, -0.1) is 10.2 Å². The van der Waals surface area contributed by atoms with Gasteiger partial charge in [0.2, 0.25) is 5.13 Å². The lowest BCUT2D eigenvalue weighted by molar-refractivity contribution is 0.102. The predicted molar refractivity (Wildman–Crippen MR) is 68.4 cm³/mol. The third-order valence-corrected chi connectivity index (χ3v) is 3.40. The summed E-state index contributed by atoms with van der Waals surface area (Å²) in [5.41, 5.74) is 0.387. The molecule has 0 saturated carbocycles. The number of hydrogen-bond acceptors (Lipinski definition) is 4. The van der Waals surface area contributed by atoms with Crippen molar-refractivity contribution in [3.63, 3.8) is 0 Å². The van der Waals surface area contributed by atoms with Crippen LogP contribution < -0.4 is 5.32 Å². The first kappa shape index (κ1) is 12.6. The lowest BCUT2D eigenvalue weighted by atomic mass is 10.2. The van der Waals surface area contributed by atoms with Crippen LogP contribution in [0.15, 0.2) is 24.3 Å². The zero-order chi connectivity index (χ0) is 13.1. The van der Waals surface area contributed by atoms with E-state index >= 15 is 0 Å². The standard InChI is InChI=1S/C12H12FN3OS/c1-7(2)11-15-16-12(18-11)14-10(17)8-3-5-9(13)6-4-8/h3-7H,1-2H3,(H,14,16,17). The van der Waals surface area contributed by atoms with E-state index in [-0.39, 0.29) is 17.6 Å². The van der Waals surface area contributed by atoms with Crippen molar-refractivity contribution in [3.8, 4) is 0 Å². The number of rotatable bonds is 3. The molecule has 1 aromatic heterocycles. The van der Waals surface area contributed by atoms with Gasteiger partial charge in [0, 0.05) is 11.5 Å². The minimum atomic E-state index is -0.371. The molecule has 0 atom stereocenters. The van der Waals surface area contributed by atoms with Gasteiger partial charge in [-0.05, 0) is 24.3 Å². The largest absolute Gasteiger partial charge is 0.296 e. The first-order valence-electron chi connectivity index (χ1n) is 5.46. The van der Waals surface area contributed by atoms with Gasteiger partial charge in [0.1, 0.15) is 10.8 Å². The molecule has 0 aliphatic heterocycles. The quantitative estimate of drug-likeness (QED) is 0.928. The number of carbonyl (C=O) groups excluding carboxylic acids is 1. The molecule has 2 rings (SSSR count). The number of anilines is 1. The van der Waals surface area contributed by atoms with Gasteiger partial charge in [0.05, 0.1) is 0 Å². The van der Waals surface area contributed by atoms with Gasteiger partial charge in [-0.1, -0.05) is 25.2 Å². The molecule has 94 valence electrons. The summed E-state index contributed by atoms with van der Waals surface area (Å²) in [6.45, 7) is 4.01. The van der Waals surface area contributed by atoms with E-state index in [0.717, 1.165) is 5.01 Å². The van der Waals surface area contributed by atoms with Crippen molar-refractivity contribution in [3.05, 3.63) is 40.7 Å². The number of halogens is 1. The van der Waals surface area contributed by atoms with Crippen molar-refractivity contribution < 1.29 is 9.18 Å². The second kappa shape index (κ2) is 5.22. The summed E-state index contributed by atoms with van der Waals surface area (Å²) in [4.78, 5) is 11.8.